The first kappa shape index (κ1) is 22.2. The Morgan fingerprint density at radius 2 is 1.79 bits per heavy atom. The molecule has 1 aromatic carbocycles. The van der Waals surface area contributed by atoms with Gasteiger partial charge in [0.25, 0.3) is 5.91 Å². The topological polar surface area (TPSA) is 60.0 Å². The normalized spacial score (nSPS) is 16.1. The molecule has 0 bridgehead atoms. The summed E-state index contributed by atoms with van der Waals surface area (Å²) in [5.41, 5.74) is 1.88. The molecule has 1 aromatic rings. The summed E-state index contributed by atoms with van der Waals surface area (Å²) in [5.74, 6) is 0.939. The lowest BCUT2D eigenvalue weighted by atomic mass is 10.1. The quantitative estimate of drug-likeness (QED) is 0.532. The highest BCUT2D eigenvalue weighted by Gasteiger charge is 2.19. The molecular formula is C22H37N5O. The molecule has 2 N–H and O–H groups in total. The number of carbonyl (C=O) groups excluding carboxylic acids is 1. The fourth-order valence-corrected chi connectivity index (χ4v) is 3.65. The monoisotopic (exact) mass is 387 g/mol. The van der Waals surface area contributed by atoms with E-state index in [9.17, 15) is 4.79 Å². The highest BCUT2D eigenvalue weighted by atomic mass is 16.2. The maximum Gasteiger partial charge on any atom is 0.253 e. The van der Waals surface area contributed by atoms with Gasteiger partial charge in [0.15, 0.2) is 5.96 Å². The van der Waals surface area contributed by atoms with Crippen LogP contribution in [0.5, 0.6) is 0 Å². The van der Waals surface area contributed by atoms with E-state index in [1.54, 1.807) is 0 Å². The second-order valence-electron chi connectivity index (χ2n) is 7.36. The molecule has 1 amide bonds. The van der Waals surface area contributed by atoms with Crippen LogP contribution in [0.25, 0.3) is 0 Å². The SMILES string of the molecule is CCCN1CCC(NC(=NC)NCc2ccc(C(=O)N(CC)CC)cc2)CC1. The molecule has 0 spiro atoms. The van der Waals surface area contributed by atoms with Crippen molar-refractivity contribution in [2.45, 2.75) is 52.6 Å². The molecule has 1 aliphatic rings. The maximum atomic E-state index is 12.4. The molecule has 1 saturated heterocycles. The number of likely N-dealkylation sites (tertiary alicyclic amines) is 1. The Bertz CT molecular complexity index is 616. The van der Waals surface area contributed by atoms with Gasteiger partial charge < -0.3 is 20.4 Å². The Balaban J connectivity index is 1.81. The molecule has 156 valence electrons. The van der Waals surface area contributed by atoms with Crippen molar-refractivity contribution in [3.63, 3.8) is 0 Å². The zero-order chi connectivity index (χ0) is 20.4. The summed E-state index contributed by atoms with van der Waals surface area (Å²) in [5, 5.41) is 6.94. The standard InChI is InChI=1S/C22H37N5O/c1-5-14-26-15-12-20(13-16-26)25-22(23-4)24-17-18-8-10-19(11-9-18)21(28)27(6-2)7-3/h8-11,20H,5-7,12-17H2,1-4H3,(H2,23,24,25). The van der Waals surface area contributed by atoms with Gasteiger partial charge in [0.1, 0.15) is 0 Å². The van der Waals surface area contributed by atoms with E-state index in [4.69, 9.17) is 0 Å². The van der Waals surface area contributed by atoms with Crippen molar-refractivity contribution in [1.82, 2.24) is 20.4 Å². The Morgan fingerprint density at radius 3 is 2.32 bits per heavy atom. The Morgan fingerprint density at radius 1 is 1.14 bits per heavy atom. The number of amides is 1. The molecule has 28 heavy (non-hydrogen) atoms. The second-order valence-corrected chi connectivity index (χ2v) is 7.36. The summed E-state index contributed by atoms with van der Waals surface area (Å²) in [6.07, 6.45) is 3.53. The van der Waals surface area contributed by atoms with Crippen molar-refractivity contribution in [2.75, 3.05) is 39.8 Å². The van der Waals surface area contributed by atoms with Gasteiger partial charge in [-0.25, -0.2) is 0 Å². The van der Waals surface area contributed by atoms with Crippen molar-refractivity contribution < 1.29 is 4.79 Å². The van der Waals surface area contributed by atoms with Crippen molar-refractivity contribution >= 4 is 11.9 Å². The molecule has 1 aliphatic heterocycles. The molecule has 0 aromatic heterocycles. The van der Waals surface area contributed by atoms with E-state index in [2.05, 4.69) is 27.4 Å². The van der Waals surface area contributed by atoms with Crippen molar-refractivity contribution in [1.29, 1.82) is 0 Å². The first-order valence-corrected chi connectivity index (χ1v) is 10.7. The summed E-state index contributed by atoms with van der Waals surface area (Å²) < 4.78 is 0. The zero-order valence-electron chi connectivity index (χ0n) is 18.0. The first-order valence-electron chi connectivity index (χ1n) is 10.7. The molecule has 2 rings (SSSR count). The smallest absolute Gasteiger partial charge is 0.253 e. The molecule has 0 radical (unpaired) electrons. The minimum Gasteiger partial charge on any atom is -0.354 e. The average molecular weight is 388 g/mol. The van der Waals surface area contributed by atoms with E-state index in [-0.39, 0.29) is 5.91 Å². The molecule has 0 unspecified atom stereocenters. The maximum absolute atomic E-state index is 12.4. The minimum atomic E-state index is 0.0939. The van der Waals surface area contributed by atoms with Gasteiger partial charge in [-0.3, -0.25) is 9.79 Å². The van der Waals surface area contributed by atoms with E-state index in [0.717, 1.165) is 56.1 Å². The number of nitrogens with one attached hydrogen (secondary N) is 2. The number of guanidine groups is 1. The van der Waals surface area contributed by atoms with E-state index in [0.29, 0.717) is 12.6 Å². The largest absolute Gasteiger partial charge is 0.354 e. The van der Waals surface area contributed by atoms with Gasteiger partial charge in [0.2, 0.25) is 0 Å². The predicted octanol–water partition coefficient (Wildman–Crippen LogP) is 2.71. The summed E-state index contributed by atoms with van der Waals surface area (Å²) >= 11 is 0. The fraction of sp³-hybridized carbons (Fsp3) is 0.636. The molecule has 0 saturated carbocycles. The number of piperidine rings is 1. The number of aliphatic imine (C=N–C) groups is 1. The van der Waals surface area contributed by atoms with Crippen LogP contribution < -0.4 is 10.6 Å². The number of hydrogen-bond acceptors (Lipinski definition) is 3. The van der Waals surface area contributed by atoms with Crippen LogP contribution in [0.15, 0.2) is 29.3 Å². The van der Waals surface area contributed by atoms with Gasteiger partial charge in [0.05, 0.1) is 0 Å². The molecular weight excluding hydrogens is 350 g/mol. The summed E-state index contributed by atoms with van der Waals surface area (Å²) in [4.78, 5) is 21.1. The molecule has 6 heteroatoms. The summed E-state index contributed by atoms with van der Waals surface area (Å²) in [6.45, 7) is 11.9. The lowest BCUT2D eigenvalue weighted by Gasteiger charge is -2.32. The second kappa shape index (κ2) is 11.7. The van der Waals surface area contributed by atoms with E-state index < -0.39 is 0 Å². The summed E-state index contributed by atoms with van der Waals surface area (Å²) in [7, 11) is 1.81. The van der Waals surface area contributed by atoms with Gasteiger partial charge >= 0.3 is 0 Å². The third-order valence-corrected chi connectivity index (χ3v) is 5.40. The van der Waals surface area contributed by atoms with Crippen LogP contribution in [0.4, 0.5) is 0 Å². The fourth-order valence-electron chi connectivity index (χ4n) is 3.65. The van der Waals surface area contributed by atoms with Gasteiger partial charge in [0, 0.05) is 51.4 Å². The number of hydrogen-bond donors (Lipinski definition) is 2. The molecule has 0 aliphatic carbocycles. The van der Waals surface area contributed by atoms with Crippen molar-refractivity contribution in [2.24, 2.45) is 4.99 Å². The van der Waals surface area contributed by atoms with Crippen LogP contribution in [-0.4, -0.2) is 67.5 Å². The molecule has 1 fully saturated rings. The van der Waals surface area contributed by atoms with E-state index in [1.165, 1.54) is 13.0 Å². The average Bonchev–Trinajstić information content (AvgIpc) is 2.73. The van der Waals surface area contributed by atoms with Crippen LogP contribution >= 0.6 is 0 Å². The van der Waals surface area contributed by atoms with Gasteiger partial charge in [-0.05, 0) is 57.4 Å². The van der Waals surface area contributed by atoms with E-state index >= 15 is 0 Å². The third-order valence-electron chi connectivity index (χ3n) is 5.40. The predicted molar refractivity (Wildman–Crippen MR) is 117 cm³/mol. The third kappa shape index (κ3) is 6.51. The Kier molecular flexibility index (Phi) is 9.28. The highest BCUT2D eigenvalue weighted by molar-refractivity contribution is 5.94. The Hall–Kier alpha value is -2.08. The summed E-state index contributed by atoms with van der Waals surface area (Å²) in [6, 6.07) is 8.34. The molecule has 0 atom stereocenters. The van der Waals surface area contributed by atoms with Crippen molar-refractivity contribution in [3.05, 3.63) is 35.4 Å². The van der Waals surface area contributed by atoms with Gasteiger partial charge in [-0.15, -0.1) is 0 Å². The van der Waals surface area contributed by atoms with Gasteiger partial charge in [-0.2, -0.15) is 0 Å². The molecule has 1 heterocycles. The van der Waals surface area contributed by atoms with Crippen molar-refractivity contribution in [3.8, 4) is 0 Å². The van der Waals surface area contributed by atoms with Crippen LogP contribution in [0, 0.1) is 0 Å². The highest BCUT2D eigenvalue weighted by Crippen LogP contribution is 2.11. The zero-order valence-corrected chi connectivity index (χ0v) is 18.0. The number of carbonyl (C=O) groups is 1. The number of benzene rings is 1. The number of nitrogens with zero attached hydrogens (tertiary/aromatic N) is 3. The number of rotatable bonds is 8. The first-order chi connectivity index (χ1) is 13.6. The lowest BCUT2D eigenvalue weighted by Crippen LogP contribution is -2.48. The van der Waals surface area contributed by atoms with Crippen LogP contribution in [-0.2, 0) is 6.54 Å². The van der Waals surface area contributed by atoms with Gasteiger partial charge in [-0.1, -0.05) is 19.1 Å². The lowest BCUT2D eigenvalue weighted by molar-refractivity contribution is 0.0773. The molecule has 6 nitrogen and oxygen atoms in total. The van der Waals surface area contributed by atoms with Crippen LogP contribution in [0.3, 0.4) is 0 Å². The van der Waals surface area contributed by atoms with E-state index in [1.807, 2.05) is 50.1 Å². The van der Waals surface area contributed by atoms with Crippen LogP contribution in [0.2, 0.25) is 0 Å². The Labute approximate surface area is 170 Å². The van der Waals surface area contributed by atoms with Crippen LogP contribution in [0.1, 0.15) is 56.0 Å². The minimum absolute atomic E-state index is 0.0939.